The normalized spacial score (nSPS) is 15.1. The molecule has 3 nitrogen and oxygen atoms in total. The van der Waals surface area contributed by atoms with Gasteiger partial charge in [0.1, 0.15) is 0 Å². The predicted octanol–water partition coefficient (Wildman–Crippen LogP) is 1.93. The first-order valence-electron chi connectivity index (χ1n) is 5.60. The fraction of sp³-hybridized carbons (Fsp3) is 0.500. The third-order valence-electron chi connectivity index (χ3n) is 2.70. The van der Waals surface area contributed by atoms with Gasteiger partial charge in [-0.15, -0.1) is 0 Å². The van der Waals surface area contributed by atoms with E-state index in [2.05, 4.69) is 28.3 Å². The summed E-state index contributed by atoms with van der Waals surface area (Å²) >= 11 is 0. The fourth-order valence-electron chi connectivity index (χ4n) is 1.82. The van der Waals surface area contributed by atoms with E-state index in [0.29, 0.717) is 0 Å². The van der Waals surface area contributed by atoms with Gasteiger partial charge in [0.15, 0.2) is 0 Å². The molecule has 0 atom stereocenters. The van der Waals surface area contributed by atoms with Crippen molar-refractivity contribution < 1.29 is 0 Å². The number of rotatable bonds is 3. The SMILES string of the molecule is CCc1cccnc1CNC1=NCCC1. The van der Waals surface area contributed by atoms with Crippen LogP contribution in [0.4, 0.5) is 0 Å². The molecule has 0 bridgehead atoms. The smallest absolute Gasteiger partial charge is 0.0966 e. The summed E-state index contributed by atoms with van der Waals surface area (Å²) in [5.41, 5.74) is 2.47. The molecule has 0 saturated heterocycles. The van der Waals surface area contributed by atoms with Crippen LogP contribution in [0.1, 0.15) is 31.0 Å². The van der Waals surface area contributed by atoms with Gasteiger partial charge in [0.25, 0.3) is 0 Å². The van der Waals surface area contributed by atoms with Gasteiger partial charge in [0.05, 0.1) is 18.1 Å². The second-order valence-electron chi connectivity index (χ2n) is 3.75. The largest absolute Gasteiger partial charge is 0.368 e. The predicted molar refractivity (Wildman–Crippen MR) is 62.0 cm³/mol. The van der Waals surface area contributed by atoms with Gasteiger partial charge in [-0.2, -0.15) is 0 Å². The zero-order valence-corrected chi connectivity index (χ0v) is 9.16. The van der Waals surface area contributed by atoms with Gasteiger partial charge in [-0.05, 0) is 24.5 Å². The molecule has 1 aromatic rings. The lowest BCUT2D eigenvalue weighted by Crippen LogP contribution is -2.22. The highest BCUT2D eigenvalue weighted by molar-refractivity contribution is 5.83. The Bertz CT molecular complexity index is 358. The lowest BCUT2D eigenvalue weighted by molar-refractivity contribution is 0.835. The highest BCUT2D eigenvalue weighted by Gasteiger charge is 2.06. The molecule has 0 aliphatic carbocycles. The highest BCUT2D eigenvalue weighted by Crippen LogP contribution is 2.07. The van der Waals surface area contributed by atoms with E-state index in [1.807, 2.05) is 12.3 Å². The summed E-state index contributed by atoms with van der Waals surface area (Å²) in [7, 11) is 0. The number of nitrogens with one attached hydrogen (secondary N) is 1. The van der Waals surface area contributed by atoms with Crippen molar-refractivity contribution in [2.45, 2.75) is 32.7 Å². The molecule has 1 aliphatic rings. The van der Waals surface area contributed by atoms with Gasteiger partial charge >= 0.3 is 0 Å². The third-order valence-corrected chi connectivity index (χ3v) is 2.70. The minimum atomic E-state index is 0.808. The molecule has 0 spiro atoms. The molecule has 1 aliphatic heterocycles. The Morgan fingerprint density at radius 1 is 1.47 bits per heavy atom. The van der Waals surface area contributed by atoms with E-state index >= 15 is 0 Å². The van der Waals surface area contributed by atoms with Crippen molar-refractivity contribution in [3.8, 4) is 0 Å². The summed E-state index contributed by atoms with van der Waals surface area (Å²) in [6.45, 7) is 3.95. The van der Waals surface area contributed by atoms with Crippen molar-refractivity contribution in [2.24, 2.45) is 4.99 Å². The van der Waals surface area contributed by atoms with E-state index in [1.165, 1.54) is 12.0 Å². The topological polar surface area (TPSA) is 37.3 Å². The summed E-state index contributed by atoms with van der Waals surface area (Å²) < 4.78 is 0. The third kappa shape index (κ3) is 2.55. The molecular weight excluding hydrogens is 186 g/mol. The van der Waals surface area contributed by atoms with Crippen LogP contribution in [0.15, 0.2) is 23.3 Å². The lowest BCUT2D eigenvalue weighted by Gasteiger charge is -2.08. The number of pyridine rings is 1. The maximum atomic E-state index is 4.39. The van der Waals surface area contributed by atoms with Crippen molar-refractivity contribution in [3.63, 3.8) is 0 Å². The Hall–Kier alpha value is -1.38. The molecule has 2 rings (SSSR count). The Labute approximate surface area is 90.6 Å². The van der Waals surface area contributed by atoms with Crippen LogP contribution in [0.25, 0.3) is 0 Å². The minimum absolute atomic E-state index is 0.808. The van der Waals surface area contributed by atoms with Crippen LogP contribution in [0.5, 0.6) is 0 Å². The second-order valence-corrected chi connectivity index (χ2v) is 3.75. The number of aliphatic imine (C=N–C) groups is 1. The number of aromatic nitrogens is 1. The molecular formula is C12H17N3. The summed E-state index contributed by atoms with van der Waals surface area (Å²) in [4.78, 5) is 8.78. The van der Waals surface area contributed by atoms with Gasteiger partial charge in [0, 0.05) is 19.2 Å². The summed E-state index contributed by atoms with van der Waals surface area (Å²) in [6, 6.07) is 4.13. The molecule has 2 heterocycles. The molecule has 1 N–H and O–H groups in total. The summed E-state index contributed by atoms with van der Waals surface area (Å²) in [5.74, 6) is 1.14. The van der Waals surface area contributed by atoms with E-state index in [9.17, 15) is 0 Å². The van der Waals surface area contributed by atoms with Crippen molar-refractivity contribution >= 4 is 5.84 Å². The van der Waals surface area contributed by atoms with E-state index in [0.717, 1.165) is 37.5 Å². The second kappa shape index (κ2) is 4.91. The van der Waals surface area contributed by atoms with Crippen LogP contribution >= 0.6 is 0 Å². The zero-order valence-electron chi connectivity index (χ0n) is 9.16. The molecule has 15 heavy (non-hydrogen) atoms. The van der Waals surface area contributed by atoms with Crippen LogP contribution in [-0.4, -0.2) is 17.4 Å². The molecule has 3 heteroatoms. The Morgan fingerprint density at radius 3 is 3.13 bits per heavy atom. The maximum Gasteiger partial charge on any atom is 0.0966 e. The van der Waals surface area contributed by atoms with Crippen molar-refractivity contribution in [1.29, 1.82) is 0 Å². The van der Waals surface area contributed by atoms with Crippen LogP contribution in [-0.2, 0) is 13.0 Å². The van der Waals surface area contributed by atoms with Gasteiger partial charge in [-0.25, -0.2) is 0 Å². The van der Waals surface area contributed by atoms with Crippen LogP contribution in [0.2, 0.25) is 0 Å². The molecule has 1 aromatic heterocycles. The summed E-state index contributed by atoms with van der Waals surface area (Å²) in [5, 5.41) is 3.36. The molecule has 0 unspecified atom stereocenters. The Balaban J connectivity index is 1.97. The van der Waals surface area contributed by atoms with Gasteiger partial charge < -0.3 is 5.32 Å². The number of hydrogen-bond acceptors (Lipinski definition) is 3. The summed E-state index contributed by atoms with van der Waals surface area (Å²) in [6.07, 6.45) is 5.17. The number of amidine groups is 1. The van der Waals surface area contributed by atoms with Crippen LogP contribution < -0.4 is 5.32 Å². The molecule has 0 radical (unpaired) electrons. The average Bonchev–Trinajstić information content (AvgIpc) is 2.79. The first-order valence-corrected chi connectivity index (χ1v) is 5.60. The molecule has 0 fully saturated rings. The first-order chi connectivity index (χ1) is 7.40. The lowest BCUT2D eigenvalue weighted by atomic mass is 10.1. The minimum Gasteiger partial charge on any atom is -0.368 e. The zero-order chi connectivity index (χ0) is 10.5. The van der Waals surface area contributed by atoms with Crippen molar-refractivity contribution in [3.05, 3.63) is 29.6 Å². The number of hydrogen-bond donors (Lipinski definition) is 1. The highest BCUT2D eigenvalue weighted by atomic mass is 15.0. The quantitative estimate of drug-likeness (QED) is 0.815. The van der Waals surface area contributed by atoms with Gasteiger partial charge in [-0.1, -0.05) is 13.0 Å². The first kappa shape index (κ1) is 10.1. The average molecular weight is 203 g/mol. The molecule has 80 valence electrons. The monoisotopic (exact) mass is 203 g/mol. The molecule has 0 saturated carbocycles. The fourth-order valence-corrected chi connectivity index (χ4v) is 1.82. The van der Waals surface area contributed by atoms with E-state index in [4.69, 9.17) is 0 Å². The standard InChI is InChI=1S/C12H17N3/c1-2-10-5-3-7-13-11(10)9-15-12-6-4-8-14-12/h3,5,7H,2,4,6,8-9H2,1H3,(H,14,15). The van der Waals surface area contributed by atoms with E-state index in [-0.39, 0.29) is 0 Å². The maximum absolute atomic E-state index is 4.39. The van der Waals surface area contributed by atoms with Crippen LogP contribution in [0, 0.1) is 0 Å². The Morgan fingerprint density at radius 2 is 2.40 bits per heavy atom. The molecule has 0 aromatic carbocycles. The number of nitrogens with zero attached hydrogens (tertiary/aromatic N) is 2. The van der Waals surface area contributed by atoms with E-state index in [1.54, 1.807) is 0 Å². The van der Waals surface area contributed by atoms with Crippen LogP contribution in [0.3, 0.4) is 0 Å². The van der Waals surface area contributed by atoms with Gasteiger partial charge in [0.2, 0.25) is 0 Å². The van der Waals surface area contributed by atoms with E-state index < -0.39 is 0 Å². The van der Waals surface area contributed by atoms with Gasteiger partial charge in [-0.3, -0.25) is 9.98 Å². The molecule has 0 amide bonds. The number of aryl methyl sites for hydroxylation is 1. The van der Waals surface area contributed by atoms with Crippen molar-refractivity contribution in [1.82, 2.24) is 10.3 Å². The Kier molecular flexibility index (Phi) is 3.33. The van der Waals surface area contributed by atoms with Crippen molar-refractivity contribution in [2.75, 3.05) is 6.54 Å².